The van der Waals surface area contributed by atoms with Crippen molar-refractivity contribution in [2.45, 2.75) is 257 Å². The molecule has 0 aromatic rings. The van der Waals surface area contributed by atoms with Gasteiger partial charge in [0.05, 0.1) is 25.2 Å². The predicted octanol–water partition coefficient (Wildman–Crippen LogP) is 14.3. The van der Waals surface area contributed by atoms with Gasteiger partial charge in [-0.3, -0.25) is 9.59 Å². The number of carbonyl (C=O) groups excluding carboxylic acids is 2. The highest BCUT2D eigenvalue weighted by atomic mass is 16.5. The molecule has 0 fully saturated rings. The predicted molar refractivity (Wildman–Crippen MR) is 245 cm³/mol. The van der Waals surface area contributed by atoms with E-state index in [-0.39, 0.29) is 24.9 Å². The minimum absolute atomic E-state index is 0.0671. The first-order chi connectivity index (χ1) is 28.0. The molecule has 1 amide bonds. The van der Waals surface area contributed by atoms with E-state index in [1.54, 1.807) is 0 Å². The van der Waals surface area contributed by atoms with Crippen LogP contribution < -0.4 is 5.32 Å². The maximum atomic E-state index is 13.2. The highest BCUT2D eigenvalue weighted by Crippen LogP contribution is 2.17. The summed E-state index contributed by atoms with van der Waals surface area (Å²) >= 11 is 0. The lowest BCUT2D eigenvalue weighted by Crippen LogP contribution is -2.46. The molecular weight excluding hydrogens is 707 g/mol. The third-order valence-electron chi connectivity index (χ3n) is 11.0. The summed E-state index contributed by atoms with van der Waals surface area (Å²) in [5.74, 6) is -0.494. The topological polar surface area (TPSA) is 95.9 Å². The molecule has 6 heteroatoms. The second-order valence-electron chi connectivity index (χ2n) is 16.5. The molecule has 3 N–H and O–H groups in total. The van der Waals surface area contributed by atoms with Gasteiger partial charge in [-0.2, -0.15) is 0 Å². The molecule has 0 aliphatic heterocycles. The van der Waals surface area contributed by atoms with Crippen LogP contribution in [0, 0.1) is 0 Å². The fourth-order valence-electron chi connectivity index (χ4n) is 7.25. The van der Waals surface area contributed by atoms with Gasteiger partial charge in [-0.05, 0) is 70.6 Å². The quantitative estimate of drug-likeness (QED) is 0.0247. The number of amides is 1. The van der Waals surface area contributed by atoms with Gasteiger partial charge in [0.1, 0.15) is 6.10 Å². The van der Waals surface area contributed by atoms with Crippen molar-refractivity contribution in [1.29, 1.82) is 0 Å². The number of aliphatic hydroxyl groups is 2. The van der Waals surface area contributed by atoms with Crippen LogP contribution in [-0.4, -0.2) is 46.9 Å². The summed E-state index contributed by atoms with van der Waals surface area (Å²) in [5.41, 5.74) is 0. The van der Waals surface area contributed by atoms with Gasteiger partial charge >= 0.3 is 5.97 Å². The third kappa shape index (κ3) is 40.4. The molecule has 57 heavy (non-hydrogen) atoms. The number of allylic oxidation sites excluding steroid dienone is 8. The van der Waals surface area contributed by atoms with Gasteiger partial charge in [0.2, 0.25) is 5.91 Å². The lowest BCUT2D eigenvalue weighted by atomic mass is 10.0. The standard InChI is InChI=1S/C51H93NO5/c1-4-7-10-13-16-19-22-24-25-27-29-32-35-38-41-44-51(56)57-47(42-39-36-33-30-28-26-23-20-17-14-11-8-5-2)45-50(55)52-48(46-53)49(54)43-40-37-34-31-21-18-15-12-9-6-3/h7,10,13,16,19-20,22-23,47-49,53-54H,4-6,8-9,11-12,14-15,17-18,21,24-46H2,1-3H3,(H,52,55)/b10-7+,16-13+,22-19+,23-20-. The van der Waals surface area contributed by atoms with Crippen LogP contribution >= 0.6 is 0 Å². The number of esters is 1. The van der Waals surface area contributed by atoms with E-state index in [1.165, 1.54) is 116 Å². The Bertz CT molecular complexity index is 988. The summed E-state index contributed by atoms with van der Waals surface area (Å²) in [6.07, 6.45) is 53.1. The number of unbranched alkanes of at least 4 members (excludes halogenated alkanes) is 25. The molecule has 0 aliphatic rings. The second-order valence-corrected chi connectivity index (χ2v) is 16.5. The van der Waals surface area contributed by atoms with Crippen molar-refractivity contribution < 1.29 is 24.5 Å². The van der Waals surface area contributed by atoms with E-state index in [0.29, 0.717) is 19.3 Å². The zero-order valence-corrected chi connectivity index (χ0v) is 37.7. The van der Waals surface area contributed by atoms with E-state index >= 15 is 0 Å². The molecular formula is C51H93NO5. The smallest absolute Gasteiger partial charge is 0.306 e. The van der Waals surface area contributed by atoms with Gasteiger partial charge in [0, 0.05) is 6.42 Å². The Morgan fingerprint density at radius 3 is 1.49 bits per heavy atom. The minimum atomic E-state index is -0.790. The molecule has 0 aromatic carbocycles. The van der Waals surface area contributed by atoms with Crippen LogP contribution in [0.4, 0.5) is 0 Å². The number of hydrogen-bond acceptors (Lipinski definition) is 5. The van der Waals surface area contributed by atoms with Crippen LogP contribution in [0.25, 0.3) is 0 Å². The fourth-order valence-corrected chi connectivity index (χ4v) is 7.25. The van der Waals surface area contributed by atoms with Crippen LogP contribution in [0.2, 0.25) is 0 Å². The molecule has 0 aliphatic carbocycles. The number of nitrogens with one attached hydrogen (secondary N) is 1. The molecule has 0 heterocycles. The molecule has 0 saturated heterocycles. The molecule has 0 rings (SSSR count). The number of hydrogen-bond donors (Lipinski definition) is 3. The summed E-state index contributed by atoms with van der Waals surface area (Å²) in [6.45, 7) is 6.32. The van der Waals surface area contributed by atoms with Crippen LogP contribution in [-0.2, 0) is 14.3 Å². The molecule has 3 unspecified atom stereocenters. The highest BCUT2D eigenvalue weighted by Gasteiger charge is 2.24. The monoisotopic (exact) mass is 800 g/mol. The SMILES string of the molecule is CC/C=C/C=C/C=C/CCCCCCCCCC(=O)OC(CCCCCCC/C=C\CCCCCC)CC(=O)NC(CO)C(O)CCCCCCCCCCCC. The van der Waals surface area contributed by atoms with Crippen molar-refractivity contribution >= 4 is 11.9 Å². The van der Waals surface area contributed by atoms with Gasteiger partial charge in [-0.25, -0.2) is 0 Å². The first-order valence-electron chi connectivity index (χ1n) is 24.4. The molecule has 6 nitrogen and oxygen atoms in total. The van der Waals surface area contributed by atoms with Crippen LogP contribution in [0.3, 0.4) is 0 Å². The molecule has 0 radical (unpaired) electrons. The Morgan fingerprint density at radius 2 is 0.965 bits per heavy atom. The Hall–Kier alpha value is -2.18. The van der Waals surface area contributed by atoms with Crippen LogP contribution in [0.5, 0.6) is 0 Å². The molecule has 0 bridgehead atoms. The summed E-state index contributed by atoms with van der Waals surface area (Å²) in [4.78, 5) is 26.1. The number of rotatable bonds is 43. The van der Waals surface area contributed by atoms with E-state index in [9.17, 15) is 19.8 Å². The fraction of sp³-hybridized carbons (Fsp3) is 0.804. The van der Waals surface area contributed by atoms with Gasteiger partial charge in [-0.1, -0.05) is 204 Å². The third-order valence-corrected chi connectivity index (χ3v) is 11.0. The maximum absolute atomic E-state index is 13.2. The first-order valence-corrected chi connectivity index (χ1v) is 24.4. The molecule has 332 valence electrons. The highest BCUT2D eigenvalue weighted by molar-refractivity contribution is 5.77. The van der Waals surface area contributed by atoms with Gasteiger partial charge < -0.3 is 20.3 Å². The van der Waals surface area contributed by atoms with Gasteiger partial charge in [-0.15, -0.1) is 0 Å². The minimum Gasteiger partial charge on any atom is -0.462 e. The van der Waals surface area contributed by atoms with Crippen molar-refractivity contribution in [3.05, 3.63) is 48.6 Å². The maximum Gasteiger partial charge on any atom is 0.306 e. The summed E-state index contributed by atoms with van der Waals surface area (Å²) in [6, 6.07) is -0.704. The lowest BCUT2D eigenvalue weighted by Gasteiger charge is -2.24. The normalized spacial score (nSPS) is 13.7. The van der Waals surface area contributed by atoms with Gasteiger partial charge in [0.15, 0.2) is 0 Å². The average Bonchev–Trinajstić information content (AvgIpc) is 3.20. The molecule has 3 atom stereocenters. The lowest BCUT2D eigenvalue weighted by molar-refractivity contribution is -0.151. The summed E-state index contributed by atoms with van der Waals surface area (Å²) < 4.78 is 5.91. The van der Waals surface area contributed by atoms with E-state index in [4.69, 9.17) is 4.74 Å². The number of ether oxygens (including phenoxy) is 1. The number of aliphatic hydroxyl groups excluding tert-OH is 2. The largest absolute Gasteiger partial charge is 0.462 e. The second kappa shape index (κ2) is 44.9. The van der Waals surface area contributed by atoms with Crippen molar-refractivity contribution in [1.82, 2.24) is 5.32 Å². The molecule has 0 spiro atoms. The zero-order valence-electron chi connectivity index (χ0n) is 37.7. The summed E-state index contributed by atoms with van der Waals surface area (Å²) in [5, 5.41) is 23.7. The van der Waals surface area contributed by atoms with Crippen molar-refractivity contribution in [2.24, 2.45) is 0 Å². The molecule has 0 saturated carbocycles. The zero-order chi connectivity index (χ0) is 41.7. The van der Waals surface area contributed by atoms with E-state index in [1.807, 2.05) is 0 Å². The Kier molecular flexibility index (Phi) is 43.2. The Balaban J connectivity index is 4.61. The number of carbonyl (C=O) groups is 2. The Labute approximate surface area is 353 Å². The first kappa shape index (κ1) is 54.8. The van der Waals surface area contributed by atoms with E-state index < -0.39 is 18.2 Å². The van der Waals surface area contributed by atoms with Crippen molar-refractivity contribution in [3.63, 3.8) is 0 Å². The van der Waals surface area contributed by atoms with E-state index in [0.717, 1.165) is 77.0 Å². The van der Waals surface area contributed by atoms with E-state index in [2.05, 4.69) is 74.7 Å². The molecule has 0 aromatic heterocycles. The van der Waals surface area contributed by atoms with Gasteiger partial charge in [0.25, 0.3) is 0 Å². The summed E-state index contributed by atoms with van der Waals surface area (Å²) in [7, 11) is 0. The average molecular weight is 800 g/mol. The van der Waals surface area contributed by atoms with Crippen LogP contribution in [0.15, 0.2) is 48.6 Å². The Morgan fingerprint density at radius 1 is 0.526 bits per heavy atom. The van der Waals surface area contributed by atoms with Crippen molar-refractivity contribution in [3.8, 4) is 0 Å². The van der Waals surface area contributed by atoms with Crippen molar-refractivity contribution in [2.75, 3.05) is 6.61 Å². The van der Waals surface area contributed by atoms with Crippen LogP contribution in [0.1, 0.15) is 239 Å².